The van der Waals surface area contributed by atoms with E-state index in [0.29, 0.717) is 5.56 Å². The van der Waals surface area contributed by atoms with E-state index < -0.39 is 12.2 Å². The van der Waals surface area contributed by atoms with Crippen molar-refractivity contribution in [1.29, 1.82) is 0 Å². The maximum Gasteiger partial charge on any atom is 0.251 e. The molecule has 1 aromatic rings. The van der Waals surface area contributed by atoms with Crippen LogP contribution in [0.4, 0.5) is 0 Å². The van der Waals surface area contributed by atoms with Crippen molar-refractivity contribution in [2.24, 2.45) is 0 Å². The van der Waals surface area contributed by atoms with Gasteiger partial charge in [-0.2, -0.15) is 0 Å². The number of carbonyl (C=O) groups excluding carboxylic acids is 1. The summed E-state index contributed by atoms with van der Waals surface area (Å²) < 4.78 is 0. The lowest BCUT2D eigenvalue weighted by Gasteiger charge is -2.20. The lowest BCUT2D eigenvalue weighted by atomic mass is 10.1. The second-order valence-corrected chi connectivity index (χ2v) is 4.73. The second kappa shape index (κ2) is 6.14. The quantitative estimate of drug-likeness (QED) is 0.712. The number of hydrogen-bond acceptors (Lipinski definition) is 3. The molecule has 0 heterocycles. The first-order valence-electron chi connectivity index (χ1n) is 5.25. The first-order valence-corrected chi connectivity index (χ1v) is 6.37. The molecule has 0 saturated carbocycles. The van der Waals surface area contributed by atoms with Crippen LogP contribution in [0.25, 0.3) is 0 Å². The fraction of sp³-hybridized carbons (Fsp3) is 0.417. The standard InChI is InChI=1S/C12H16BrNO3/c1-12(17,8-15)7-14-11(16)10-4-2-9(6-13)3-5-10/h2-5,15,17H,6-8H2,1H3,(H,14,16). The molecular formula is C12H16BrNO3. The molecule has 17 heavy (non-hydrogen) atoms. The van der Waals surface area contributed by atoms with Crippen LogP contribution in [0.15, 0.2) is 24.3 Å². The van der Waals surface area contributed by atoms with E-state index in [9.17, 15) is 9.90 Å². The van der Waals surface area contributed by atoms with E-state index in [0.717, 1.165) is 10.9 Å². The van der Waals surface area contributed by atoms with E-state index in [1.54, 1.807) is 12.1 Å². The minimum atomic E-state index is -1.29. The number of rotatable bonds is 5. The van der Waals surface area contributed by atoms with Crippen LogP contribution in [-0.2, 0) is 5.33 Å². The number of hydrogen-bond donors (Lipinski definition) is 3. The molecule has 1 aromatic carbocycles. The van der Waals surface area contributed by atoms with Gasteiger partial charge in [-0.15, -0.1) is 0 Å². The van der Waals surface area contributed by atoms with Gasteiger partial charge in [0.1, 0.15) is 5.60 Å². The molecule has 5 heteroatoms. The molecule has 0 radical (unpaired) electrons. The fourth-order valence-electron chi connectivity index (χ4n) is 1.17. The van der Waals surface area contributed by atoms with Crippen LogP contribution in [0.2, 0.25) is 0 Å². The molecule has 1 amide bonds. The molecule has 4 nitrogen and oxygen atoms in total. The lowest BCUT2D eigenvalue weighted by molar-refractivity contribution is 0.00320. The van der Waals surface area contributed by atoms with Gasteiger partial charge in [-0.3, -0.25) is 4.79 Å². The van der Waals surface area contributed by atoms with Gasteiger partial charge in [-0.1, -0.05) is 28.1 Å². The zero-order valence-corrected chi connectivity index (χ0v) is 11.2. The SMILES string of the molecule is CC(O)(CO)CNC(=O)c1ccc(CBr)cc1. The van der Waals surface area contributed by atoms with Crippen molar-refractivity contribution in [2.45, 2.75) is 17.9 Å². The molecule has 0 bridgehead atoms. The van der Waals surface area contributed by atoms with Crippen LogP contribution in [0.1, 0.15) is 22.8 Å². The normalized spacial score (nSPS) is 14.1. The van der Waals surface area contributed by atoms with Crippen LogP contribution < -0.4 is 5.32 Å². The molecule has 1 atom stereocenters. The van der Waals surface area contributed by atoms with Crippen LogP contribution >= 0.6 is 15.9 Å². The summed E-state index contributed by atoms with van der Waals surface area (Å²) in [6.07, 6.45) is 0. The van der Waals surface area contributed by atoms with E-state index in [1.165, 1.54) is 6.92 Å². The van der Waals surface area contributed by atoms with Crippen LogP contribution in [0.3, 0.4) is 0 Å². The van der Waals surface area contributed by atoms with Crippen LogP contribution in [-0.4, -0.2) is 34.9 Å². The molecule has 0 saturated heterocycles. The van der Waals surface area contributed by atoms with Gasteiger partial charge in [-0.05, 0) is 24.6 Å². The van der Waals surface area contributed by atoms with Gasteiger partial charge in [0.25, 0.3) is 5.91 Å². The monoisotopic (exact) mass is 301 g/mol. The summed E-state index contributed by atoms with van der Waals surface area (Å²) in [5.74, 6) is -0.264. The number of halogens is 1. The highest BCUT2D eigenvalue weighted by Gasteiger charge is 2.19. The minimum absolute atomic E-state index is 0.0164. The van der Waals surface area contributed by atoms with Crippen molar-refractivity contribution in [1.82, 2.24) is 5.32 Å². The highest BCUT2D eigenvalue weighted by molar-refractivity contribution is 9.08. The number of alkyl halides is 1. The summed E-state index contributed by atoms with van der Waals surface area (Å²) in [6, 6.07) is 7.15. The summed E-state index contributed by atoms with van der Waals surface area (Å²) in [5, 5.41) is 21.7. The third-order valence-electron chi connectivity index (χ3n) is 2.34. The Kier molecular flexibility index (Phi) is 5.11. The van der Waals surface area contributed by atoms with Crippen molar-refractivity contribution in [3.63, 3.8) is 0 Å². The molecular weight excluding hydrogens is 286 g/mol. The van der Waals surface area contributed by atoms with Gasteiger partial charge >= 0.3 is 0 Å². The predicted molar refractivity (Wildman–Crippen MR) is 69.1 cm³/mol. The number of amides is 1. The van der Waals surface area contributed by atoms with Gasteiger partial charge in [0.05, 0.1) is 6.61 Å². The van der Waals surface area contributed by atoms with E-state index in [4.69, 9.17) is 5.11 Å². The smallest absolute Gasteiger partial charge is 0.251 e. The number of aliphatic hydroxyl groups excluding tert-OH is 1. The maximum absolute atomic E-state index is 11.7. The van der Waals surface area contributed by atoms with Crippen molar-refractivity contribution in [3.05, 3.63) is 35.4 Å². The van der Waals surface area contributed by atoms with Crippen LogP contribution in [0, 0.1) is 0 Å². The Balaban J connectivity index is 2.58. The first kappa shape index (κ1) is 14.2. The average Bonchev–Trinajstić information content (AvgIpc) is 2.36. The Labute approximate surface area is 109 Å². The summed E-state index contributed by atoms with van der Waals surface area (Å²) in [7, 11) is 0. The third-order valence-corrected chi connectivity index (χ3v) is 2.99. The average molecular weight is 302 g/mol. The van der Waals surface area contributed by atoms with Gasteiger partial charge in [0.2, 0.25) is 0 Å². The van der Waals surface area contributed by atoms with Crippen molar-refractivity contribution < 1.29 is 15.0 Å². The number of nitrogens with one attached hydrogen (secondary N) is 1. The summed E-state index contributed by atoms with van der Waals surface area (Å²) in [5.41, 5.74) is 0.332. The first-order chi connectivity index (χ1) is 7.98. The predicted octanol–water partition coefficient (Wildman–Crippen LogP) is 1.05. The molecule has 0 aliphatic carbocycles. The molecule has 0 aliphatic heterocycles. The van der Waals surface area contributed by atoms with Crippen LogP contribution in [0.5, 0.6) is 0 Å². The lowest BCUT2D eigenvalue weighted by Crippen LogP contribution is -2.43. The van der Waals surface area contributed by atoms with E-state index >= 15 is 0 Å². The summed E-state index contributed by atoms with van der Waals surface area (Å²) in [4.78, 5) is 11.7. The zero-order valence-electron chi connectivity index (χ0n) is 9.61. The number of aliphatic hydroxyl groups is 2. The van der Waals surface area contributed by atoms with E-state index in [1.807, 2.05) is 12.1 Å². The van der Waals surface area contributed by atoms with Gasteiger partial charge in [0, 0.05) is 17.4 Å². The molecule has 0 fully saturated rings. The molecule has 0 aromatic heterocycles. The molecule has 3 N–H and O–H groups in total. The Morgan fingerprint density at radius 3 is 2.47 bits per heavy atom. The van der Waals surface area contributed by atoms with E-state index in [-0.39, 0.29) is 12.5 Å². The Bertz CT molecular complexity index is 376. The Morgan fingerprint density at radius 1 is 1.41 bits per heavy atom. The van der Waals surface area contributed by atoms with Gasteiger partial charge in [0.15, 0.2) is 0 Å². The molecule has 0 spiro atoms. The number of carbonyl (C=O) groups is 1. The van der Waals surface area contributed by atoms with Crippen molar-refractivity contribution in [2.75, 3.05) is 13.2 Å². The highest BCUT2D eigenvalue weighted by Crippen LogP contribution is 2.08. The van der Waals surface area contributed by atoms with Gasteiger partial charge < -0.3 is 15.5 Å². The van der Waals surface area contributed by atoms with Crippen molar-refractivity contribution >= 4 is 21.8 Å². The summed E-state index contributed by atoms with van der Waals surface area (Å²) in [6.45, 7) is 1.08. The molecule has 1 rings (SSSR count). The molecule has 94 valence electrons. The highest BCUT2D eigenvalue weighted by atomic mass is 79.9. The molecule has 1 unspecified atom stereocenters. The Hall–Kier alpha value is -0.910. The third kappa shape index (κ3) is 4.46. The molecule has 0 aliphatic rings. The topological polar surface area (TPSA) is 69.6 Å². The Morgan fingerprint density at radius 2 is 2.00 bits per heavy atom. The summed E-state index contributed by atoms with van der Waals surface area (Å²) >= 11 is 3.32. The number of benzene rings is 1. The fourth-order valence-corrected chi connectivity index (χ4v) is 1.55. The zero-order chi connectivity index (χ0) is 12.9. The maximum atomic E-state index is 11.7. The van der Waals surface area contributed by atoms with Gasteiger partial charge in [-0.25, -0.2) is 0 Å². The largest absolute Gasteiger partial charge is 0.393 e. The minimum Gasteiger partial charge on any atom is -0.393 e. The van der Waals surface area contributed by atoms with E-state index in [2.05, 4.69) is 21.2 Å². The van der Waals surface area contributed by atoms with Crippen molar-refractivity contribution in [3.8, 4) is 0 Å². The second-order valence-electron chi connectivity index (χ2n) is 4.17.